The number of nitrogens with zero attached hydrogens (tertiary/aromatic N) is 2. The molecule has 166 valence electrons. The summed E-state index contributed by atoms with van der Waals surface area (Å²) in [6.45, 7) is 21.4. The van der Waals surface area contributed by atoms with Gasteiger partial charge in [0.1, 0.15) is 5.82 Å². The van der Waals surface area contributed by atoms with Crippen LogP contribution in [0.1, 0.15) is 40.5 Å². The average molecular weight is 419 g/mol. The molecular formula is C27H38N4. The van der Waals surface area contributed by atoms with E-state index in [0.29, 0.717) is 11.7 Å². The van der Waals surface area contributed by atoms with Crippen LogP contribution in [-0.4, -0.2) is 31.9 Å². The Bertz CT molecular complexity index is 878. The molecule has 1 aromatic carbocycles. The lowest BCUT2D eigenvalue weighted by molar-refractivity contribution is 0.435. The van der Waals surface area contributed by atoms with Crippen LogP contribution in [0.4, 0.5) is 11.4 Å². The van der Waals surface area contributed by atoms with E-state index >= 15 is 0 Å². The predicted molar refractivity (Wildman–Crippen MR) is 136 cm³/mol. The van der Waals surface area contributed by atoms with Crippen molar-refractivity contribution < 1.29 is 0 Å². The van der Waals surface area contributed by atoms with Gasteiger partial charge in [0.25, 0.3) is 0 Å². The highest BCUT2D eigenvalue weighted by molar-refractivity contribution is 6.10. The Labute approximate surface area is 188 Å². The van der Waals surface area contributed by atoms with E-state index in [4.69, 9.17) is 4.99 Å². The maximum Gasteiger partial charge on any atom is 0.123 e. The van der Waals surface area contributed by atoms with Gasteiger partial charge in [-0.05, 0) is 61.3 Å². The summed E-state index contributed by atoms with van der Waals surface area (Å²) in [4.78, 5) is 7.41. The van der Waals surface area contributed by atoms with Crippen LogP contribution in [0.15, 0.2) is 77.1 Å². The van der Waals surface area contributed by atoms with Gasteiger partial charge in [-0.15, -0.1) is 0 Å². The smallest absolute Gasteiger partial charge is 0.123 e. The molecule has 1 unspecified atom stereocenters. The second kappa shape index (κ2) is 10.6. The van der Waals surface area contributed by atoms with Crippen LogP contribution < -0.4 is 15.5 Å². The van der Waals surface area contributed by atoms with Crippen molar-refractivity contribution in [1.82, 2.24) is 5.32 Å². The van der Waals surface area contributed by atoms with Gasteiger partial charge in [0.15, 0.2) is 0 Å². The monoisotopic (exact) mass is 418 g/mol. The van der Waals surface area contributed by atoms with Crippen LogP contribution >= 0.6 is 0 Å². The number of aliphatic imine (C=N–C) groups is 1. The van der Waals surface area contributed by atoms with Crippen LogP contribution in [0.25, 0.3) is 0 Å². The molecule has 4 heteroatoms. The van der Waals surface area contributed by atoms with Gasteiger partial charge < -0.3 is 15.5 Å². The molecule has 0 saturated carbocycles. The molecule has 1 fully saturated rings. The van der Waals surface area contributed by atoms with Crippen molar-refractivity contribution in [3.63, 3.8) is 0 Å². The van der Waals surface area contributed by atoms with Crippen molar-refractivity contribution in [3.05, 3.63) is 72.1 Å². The van der Waals surface area contributed by atoms with Gasteiger partial charge in [-0.3, -0.25) is 0 Å². The molecule has 2 N–H and O–H groups in total. The number of rotatable bonds is 8. The molecule has 1 saturated heterocycles. The van der Waals surface area contributed by atoms with Crippen LogP contribution in [0.5, 0.6) is 0 Å². The molecular weight excluding hydrogens is 380 g/mol. The number of hydrogen-bond donors (Lipinski definition) is 2. The zero-order valence-corrected chi connectivity index (χ0v) is 19.7. The minimum atomic E-state index is 0.285. The number of nitrogens with one attached hydrogen (secondary N) is 2. The maximum absolute atomic E-state index is 5.00. The second-order valence-electron chi connectivity index (χ2n) is 8.53. The summed E-state index contributed by atoms with van der Waals surface area (Å²) in [6.07, 6.45) is 6.66. The first-order chi connectivity index (χ1) is 15.0. The Morgan fingerprint density at radius 1 is 1.19 bits per heavy atom. The van der Waals surface area contributed by atoms with Crippen molar-refractivity contribution in [2.75, 3.05) is 36.4 Å². The number of piperazine rings is 1. The second-order valence-corrected chi connectivity index (χ2v) is 8.53. The third-order valence-corrected chi connectivity index (χ3v) is 6.45. The molecule has 2 aliphatic rings. The third-order valence-electron chi connectivity index (χ3n) is 6.45. The fourth-order valence-corrected chi connectivity index (χ4v) is 4.67. The molecule has 1 aliphatic carbocycles. The van der Waals surface area contributed by atoms with E-state index in [1.54, 1.807) is 0 Å². The van der Waals surface area contributed by atoms with Crippen LogP contribution in [-0.2, 0) is 0 Å². The van der Waals surface area contributed by atoms with Crippen LogP contribution in [0, 0.1) is 11.8 Å². The van der Waals surface area contributed by atoms with Crippen molar-refractivity contribution in [2.45, 2.75) is 40.5 Å². The molecule has 1 aromatic rings. The molecule has 4 nitrogen and oxygen atoms in total. The Kier molecular flexibility index (Phi) is 7.91. The Balaban J connectivity index is 1.78. The number of allylic oxidation sites excluding steroid dienone is 5. The van der Waals surface area contributed by atoms with Gasteiger partial charge >= 0.3 is 0 Å². The summed E-state index contributed by atoms with van der Waals surface area (Å²) in [5.41, 5.74) is 7.02. The van der Waals surface area contributed by atoms with Crippen molar-refractivity contribution in [1.29, 1.82) is 0 Å². The van der Waals surface area contributed by atoms with E-state index in [0.717, 1.165) is 56.0 Å². The number of anilines is 2. The molecule has 0 bridgehead atoms. The molecule has 0 radical (unpaired) electrons. The van der Waals surface area contributed by atoms with E-state index in [-0.39, 0.29) is 5.92 Å². The van der Waals surface area contributed by atoms with Gasteiger partial charge in [0.05, 0.1) is 5.71 Å². The van der Waals surface area contributed by atoms with Crippen LogP contribution in [0.2, 0.25) is 0 Å². The molecule has 0 aromatic heterocycles. The largest absolute Gasteiger partial charge is 0.369 e. The summed E-state index contributed by atoms with van der Waals surface area (Å²) in [6, 6.07) is 8.58. The summed E-state index contributed by atoms with van der Waals surface area (Å²) in [7, 11) is 0. The van der Waals surface area contributed by atoms with E-state index in [1.807, 2.05) is 0 Å². The molecule has 1 heterocycles. The zero-order chi connectivity index (χ0) is 22.4. The number of hydrogen-bond acceptors (Lipinski definition) is 4. The molecule has 31 heavy (non-hydrogen) atoms. The number of benzene rings is 1. The first kappa shape index (κ1) is 23.1. The van der Waals surface area contributed by atoms with Gasteiger partial charge in [-0.1, -0.05) is 51.5 Å². The van der Waals surface area contributed by atoms with Gasteiger partial charge in [-0.2, -0.15) is 0 Å². The third kappa shape index (κ3) is 5.37. The highest BCUT2D eigenvalue weighted by Crippen LogP contribution is 2.40. The van der Waals surface area contributed by atoms with Crippen LogP contribution in [0.3, 0.4) is 0 Å². The first-order valence-electron chi connectivity index (χ1n) is 11.6. The highest BCUT2D eigenvalue weighted by Gasteiger charge is 2.34. The van der Waals surface area contributed by atoms with Crippen molar-refractivity contribution >= 4 is 17.1 Å². The topological polar surface area (TPSA) is 39.7 Å². The van der Waals surface area contributed by atoms with Gasteiger partial charge in [-0.25, -0.2) is 4.99 Å². The molecule has 0 amide bonds. The fraction of sp³-hybridized carbons (Fsp3) is 0.444. The minimum Gasteiger partial charge on any atom is -0.369 e. The van der Waals surface area contributed by atoms with Crippen molar-refractivity contribution in [3.8, 4) is 0 Å². The summed E-state index contributed by atoms with van der Waals surface area (Å²) in [5, 5.41) is 6.80. The SMILES string of the molecule is C=C(/N=C1\C(=C/C)C=C(C(=C)C)C1C(CC)CC)Nc1ccc(N2CCNCC2)cc1. The van der Waals surface area contributed by atoms with Crippen molar-refractivity contribution in [2.24, 2.45) is 16.8 Å². The summed E-state index contributed by atoms with van der Waals surface area (Å²) in [5.74, 6) is 1.51. The highest BCUT2D eigenvalue weighted by atomic mass is 15.2. The van der Waals surface area contributed by atoms with E-state index < -0.39 is 0 Å². The quantitative estimate of drug-likeness (QED) is 0.549. The normalized spacial score (nSPS) is 21.6. The summed E-state index contributed by atoms with van der Waals surface area (Å²) >= 11 is 0. The zero-order valence-electron chi connectivity index (χ0n) is 19.7. The Morgan fingerprint density at radius 2 is 1.84 bits per heavy atom. The molecule has 0 spiro atoms. The van der Waals surface area contributed by atoms with Gasteiger partial charge in [0, 0.05) is 43.5 Å². The average Bonchev–Trinajstić information content (AvgIpc) is 3.14. The standard InChI is InChI=1S/C27H38N4/c1-7-21(8-2)26-25(19(4)5)18-22(9-3)27(26)30-20(6)29-23-10-12-24(13-11-23)31-16-14-28-15-17-31/h9-13,18,21,26,28-29H,4,6-8,14-17H2,1-3,5H3/b22-9-,30-27+. The Morgan fingerprint density at radius 3 is 2.39 bits per heavy atom. The lowest BCUT2D eigenvalue weighted by Crippen LogP contribution is -2.43. The first-order valence-corrected chi connectivity index (χ1v) is 11.6. The lowest BCUT2D eigenvalue weighted by atomic mass is 9.80. The van der Waals surface area contributed by atoms with E-state index in [9.17, 15) is 0 Å². The molecule has 1 aliphatic heterocycles. The predicted octanol–water partition coefficient (Wildman–Crippen LogP) is 5.94. The van der Waals surface area contributed by atoms with E-state index in [2.05, 4.69) is 92.8 Å². The van der Waals surface area contributed by atoms with Gasteiger partial charge in [0.2, 0.25) is 0 Å². The summed E-state index contributed by atoms with van der Waals surface area (Å²) < 4.78 is 0. The minimum absolute atomic E-state index is 0.285. The lowest BCUT2D eigenvalue weighted by Gasteiger charge is -2.29. The fourth-order valence-electron chi connectivity index (χ4n) is 4.67. The molecule has 1 atom stereocenters. The van der Waals surface area contributed by atoms with E-state index in [1.165, 1.54) is 16.8 Å². The maximum atomic E-state index is 5.00. The molecule has 3 rings (SSSR count). The Hall–Kier alpha value is -2.59.